The van der Waals surface area contributed by atoms with E-state index in [9.17, 15) is 0 Å². The molecule has 0 fully saturated rings. The quantitative estimate of drug-likeness (QED) is 0.856. The van der Waals surface area contributed by atoms with Crippen molar-refractivity contribution in [3.05, 3.63) is 41.1 Å². The molecule has 0 bridgehead atoms. The van der Waals surface area contributed by atoms with E-state index in [1.807, 2.05) is 24.7 Å². The van der Waals surface area contributed by atoms with Crippen LogP contribution in [0.5, 0.6) is 0 Å². The van der Waals surface area contributed by atoms with Crippen LogP contribution in [0, 0.1) is 6.92 Å². The first-order chi connectivity index (χ1) is 9.65. The van der Waals surface area contributed by atoms with Gasteiger partial charge in [-0.3, -0.25) is 9.58 Å². The van der Waals surface area contributed by atoms with E-state index < -0.39 is 0 Å². The molecule has 5 nitrogen and oxygen atoms in total. The summed E-state index contributed by atoms with van der Waals surface area (Å²) in [5.74, 6) is 2.36. The van der Waals surface area contributed by atoms with Crippen molar-refractivity contribution in [1.82, 2.24) is 14.7 Å². The third-order valence-electron chi connectivity index (χ3n) is 3.77. The molecule has 20 heavy (non-hydrogen) atoms. The van der Waals surface area contributed by atoms with Crippen LogP contribution < -0.4 is 0 Å². The maximum Gasteiger partial charge on any atom is 0.118 e. The van der Waals surface area contributed by atoms with Gasteiger partial charge in [0, 0.05) is 44.9 Å². The fourth-order valence-corrected chi connectivity index (χ4v) is 2.96. The van der Waals surface area contributed by atoms with E-state index in [0.29, 0.717) is 5.92 Å². The predicted octanol–water partition coefficient (Wildman–Crippen LogP) is 2.07. The van der Waals surface area contributed by atoms with Gasteiger partial charge >= 0.3 is 0 Å². The van der Waals surface area contributed by atoms with Crippen molar-refractivity contribution >= 4 is 0 Å². The molecule has 0 aromatic carbocycles. The average molecular weight is 275 g/mol. The van der Waals surface area contributed by atoms with Gasteiger partial charge in [-0.05, 0) is 19.1 Å². The summed E-state index contributed by atoms with van der Waals surface area (Å²) in [6.45, 7) is 5.38. The molecule has 1 unspecified atom stereocenters. The van der Waals surface area contributed by atoms with E-state index in [1.165, 1.54) is 5.56 Å². The monoisotopic (exact) mass is 275 g/mol. The summed E-state index contributed by atoms with van der Waals surface area (Å²) in [5.41, 5.74) is 2.48. The molecular formula is C15H21N3O2. The zero-order chi connectivity index (χ0) is 14.1. The van der Waals surface area contributed by atoms with E-state index in [4.69, 9.17) is 9.15 Å². The van der Waals surface area contributed by atoms with Crippen molar-refractivity contribution in [1.29, 1.82) is 0 Å². The molecule has 0 spiro atoms. The Kier molecular flexibility index (Phi) is 3.63. The predicted molar refractivity (Wildman–Crippen MR) is 75.4 cm³/mol. The van der Waals surface area contributed by atoms with E-state index in [1.54, 1.807) is 7.11 Å². The molecule has 1 atom stereocenters. The van der Waals surface area contributed by atoms with Gasteiger partial charge < -0.3 is 9.15 Å². The number of ether oxygens (including phenoxy) is 1. The molecule has 0 radical (unpaired) electrons. The maximum absolute atomic E-state index is 5.68. The molecule has 0 N–H and O–H groups in total. The Balaban J connectivity index is 1.78. The lowest BCUT2D eigenvalue weighted by molar-refractivity contribution is 0.131. The summed E-state index contributed by atoms with van der Waals surface area (Å²) in [6.07, 6.45) is 2.12. The van der Waals surface area contributed by atoms with Crippen LogP contribution >= 0.6 is 0 Å². The first-order valence-electron chi connectivity index (χ1n) is 6.94. The highest BCUT2D eigenvalue weighted by atomic mass is 16.5. The summed E-state index contributed by atoms with van der Waals surface area (Å²) >= 11 is 0. The summed E-state index contributed by atoms with van der Waals surface area (Å²) in [5, 5.41) is 4.57. The van der Waals surface area contributed by atoms with Crippen molar-refractivity contribution in [2.75, 3.05) is 20.3 Å². The smallest absolute Gasteiger partial charge is 0.118 e. The fourth-order valence-electron chi connectivity index (χ4n) is 2.96. The van der Waals surface area contributed by atoms with Crippen LogP contribution in [0.3, 0.4) is 0 Å². The second-order valence-electron chi connectivity index (χ2n) is 5.54. The van der Waals surface area contributed by atoms with Gasteiger partial charge in [-0.25, -0.2) is 0 Å². The van der Waals surface area contributed by atoms with E-state index >= 15 is 0 Å². The Morgan fingerprint density at radius 1 is 1.45 bits per heavy atom. The summed E-state index contributed by atoms with van der Waals surface area (Å²) < 4.78 is 12.9. The molecule has 0 amide bonds. The molecule has 2 aromatic rings. The highest BCUT2D eigenvalue weighted by Gasteiger charge is 2.28. The van der Waals surface area contributed by atoms with Crippen LogP contribution in [-0.2, 0) is 24.9 Å². The number of hydrogen-bond acceptors (Lipinski definition) is 4. The Bertz CT molecular complexity index is 588. The van der Waals surface area contributed by atoms with Crippen LogP contribution in [0.2, 0.25) is 0 Å². The Labute approximate surface area is 119 Å². The van der Waals surface area contributed by atoms with Crippen molar-refractivity contribution < 1.29 is 9.15 Å². The minimum Gasteiger partial charge on any atom is -0.465 e. The van der Waals surface area contributed by atoms with Gasteiger partial charge in [0.25, 0.3) is 0 Å². The standard InChI is InChI=1S/C15H21N3O2/c1-11-4-5-13(20-11)7-18-6-12(10-19-3)14-8-17(2)16-15(14)9-18/h4-5,8,12H,6-7,9-10H2,1-3H3. The summed E-state index contributed by atoms with van der Waals surface area (Å²) in [7, 11) is 3.73. The highest BCUT2D eigenvalue weighted by Crippen LogP contribution is 2.28. The molecule has 108 valence electrons. The van der Waals surface area contributed by atoms with Crippen LogP contribution in [0.1, 0.15) is 28.7 Å². The van der Waals surface area contributed by atoms with Gasteiger partial charge in [0.05, 0.1) is 18.8 Å². The molecule has 1 aliphatic heterocycles. The minimum absolute atomic E-state index is 0.383. The lowest BCUT2D eigenvalue weighted by Crippen LogP contribution is -2.34. The molecule has 0 aliphatic carbocycles. The number of rotatable bonds is 4. The average Bonchev–Trinajstić information content (AvgIpc) is 2.95. The molecule has 0 saturated heterocycles. The molecule has 0 saturated carbocycles. The minimum atomic E-state index is 0.383. The SMILES string of the molecule is COCC1CN(Cc2ccc(C)o2)Cc2nn(C)cc21. The van der Waals surface area contributed by atoms with E-state index in [2.05, 4.69) is 22.3 Å². The lowest BCUT2D eigenvalue weighted by atomic mass is 9.95. The second kappa shape index (κ2) is 5.42. The molecule has 1 aliphatic rings. The number of fused-ring (bicyclic) bond motifs is 1. The molecular weight excluding hydrogens is 254 g/mol. The van der Waals surface area contributed by atoms with Crippen molar-refractivity contribution in [3.8, 4) is 0 Å². The van der Waals surface area contributed by atoms with Crippen LogP contribution in [-0.4, -0.2) is 34.9 Å². The molecule has 3 heterocycles. The fraction of sp³-hybridized carbons (Fsp3) is 0.533. The van der Waals surface area contributed by atoms with Gasteiger partial charge in [0.15, 0.2) is 0 Å². The summed E-state index contributed by atoms with van der Waals surface area (Å²) in [6, 6.07) is 4.06. The van der Waals surface area contributed by atoms with Crippen LogP contribution in [0.15, 0.2) is 22.7 Å². The van der Waals surface area contributed by atoms with Crippen molar-refractivity contribution in [2.45, 2.75) is 25.9 Å². The maximum atomic E-state index is 5.68. The van der Waals surface area contributed by atoms with Gasteiger partial charge in [-0.2, -0.15) is 5.10 Å². The van der Waals surface area contributed by atoms with E-state index in [0.717, 1.165) is 43.5 Å². The first kappa shape index (κ1) is 13.4. The number of methoxy groups -OCH3 is 1. The highest BCUT2D eigenvalue weighted by molar-refractivity contribution is 5.25. The molecule has 3 rings (SSSR count). The summed E-state index contributed by atoms with van der Waals surface area (Å²) in [4.78, 5) is 2.37. The van der Waals surface area contributed by atoms with Gasteiger partial charge in [0.2, 0.25) is 0 Å². The Morgan fingerprint density at radius 2 is 2.30 bits per heavy atom. The van der Waals surface area contributed by atoms with Gasteiger partial charge in [0.1, 0.15) is 11.5 Å². The lowest BCUT2D eigenvalue weighted by Gasteiger charge is -2.31. The zero-order valence-electron chi connectivity index (χ0n) is 12.3. The van der Waals surface area contributed by atoms with Crippen molar-refractivity contribution in [2.24, 2.45) is 7.05 Å². The number of nitrogens with zero attached hydrogens (tertiary/aromatic N) is 3. The first-order valence-corrected chi connectivity index (χ1v) is 6.94. The second-order valence-corrected chi connectivity index (χ2v) is 5.54. The number of aromatic nitrogens is 2. The van der Waals surface area contributed by atoms with Crippen LogP contribution in [0.25, 0.3) is 0 Å². The number of furan rings is 1. The molecule has 2 aromatic heterocycles. The third kappa shape index (κ3) is 2.64. The topological polar surface area (TPSA) is 43.4 Å². The zero-order valence-corrected chi connectivity index (χ0v) is 12.3. The van der Waals surface area contributed by atoms with Gasteiger partial charge in [-0.1, -0.05) is 0 Å². The van der Waals surface area contributed by atoms with Crippen molar-refractivity contribution in [3.63, 3.8) is 0 Å². The molecule has 5 heteroatoms. The van der Waals surface area contributed by atoms with Gasteiger partial charge in [-0.15, -0.1) is 0 Å². The largest absolute Gasteiger partial charge is 0.465 e. The Morgan fingerprint density at radius 3 is 3.00 bits per heavy atom. The van der Waals surface area contributed by atoms with E-state index in [-0.39, 0.29) is 0 Å². The third-order valence-corrected chi connectivity index (χ3v) is 3.77. The number of aryl methyl sites for hydroxylation is 2. The van der Waals surface area contributed by atoms with Crippen LogP contribution in [0.4, 0.5) is 0 Å². The normalized spacial score (nSPS) is 19.2. The number of hydrogen-bond donors (Lipinski definition) is 0. The Hall–Kier alpha value is -1.59.